The third-order valence-electron chi connectivity index (χ3n) is 6.89. The van der Waals surface area contributed by atoms with E-state index in [1.165, 1.54) is 11.3 Å². The number of nitrogens with one attached hydrogen (secondary N) is 2. The van der Waals surface area contributed by atoms with Crippen LogP contribution in [0.25, 0.3) is 0 Å². The first-order chi connectivity index (χ1) is 18.9. The molecule has 8 heteroatoms. The van der Waals surface area contributed by atoms with E-state index in [9.17, 15) is 9.59 Å². The van der Waals surface area contributed by atoms with Crippen LogP contribution < -0.4 is 20.4 Å². The highest BCUT2D eigenvalue weighted by molar-refractivity contribution is 9.10. The van der Waals surface area contributed by atoms with E-state index in [-0.39, 0.29) is 17.6 Å². The van der Waals surface area contributed by atoms with Crippen molar-refractivity contribution in [3.63, 3.8) is 0 Å². The first-order valence-electron chi connectivity index (χ1n) is 13.0. The number of halogens is 1. The number of para-hydroxylation sites is 1. The molecule has 0 aliphatic carbocycles. The molecule has 2 heterocycles. The lowest BCUT2D eigenvalue weighted by Crippen LogP contribution is -2.47. The Morgan fingerprint density at radius 3 is 2.26 bits per heavy atom. The summed E-state index contributed by atoms with van der Waals surface area (Å²) in [4.78, 5) is 30.7. The van der Waals surface area contributed by atoms with Crippen LogP contribution in [0.3, 0.4) is 0 Å². The molecule has 2 N–H and O–H groups in total. The molecular weight excluding hydrogens is 556 g/mol. The van der Waals surface area contributed by atoms with Gasteiger partial charge in [0.05, 0.1) is 11.4 Å². The predicted octanol–water partition coefficient (Wildman–Crippen LogP) is 6.17. The van der Waals surface area contributed by atoms with Gasteiger partial charge >= 0.3 is 0 Å². The molecule has 5 rings (SSSR count). The van der Waals surface area contributed by atoms with Gasteiger partial charge in [0, 0.05) is 48.4 Å². The Hall–Kier alpha value is -4.04. The van der Waals surface area contributed by atoms with Crippen molar-refractivity contribution in [1.29, 1.82) is 0 Å². The lowest BCUT2D eigenvalue weighted by molar-refractivity contribution is 0.0949. The van der Waals surface area contributed by atoms with Gasteiger partial charge in [-0.15, -0.1) is 0 Å². The second kappa shape index (κ2) is 11.8. The van der Waals surface area contributed by atoms with Crippen LogP contribution in [-0.2, 0) is 6.54 Å². The van der Waals surface area contributed by atoms with E-state index in [0.717, 1.165) is 41.9 Å². The molecule has 1 saturated heterocycles. The van der Waals surface area contributed by atoms with Crippen molar-refractivity contribution in [2.75, 3.05) is 41.3 Å². The lowest BCUT2D eigenvalue weighted by atomic mass is 10.1. The quantitative estimate of drug-likeness (QED) is 0.271. The van der Waals surface area contributed by atoms with Gasteiger partial charge in [0.1, 0.15) is 5.76 Å². The van der Waals surface area contributed by atoms with E-state index in [4.69, 9.17) is 4.42 Å². The molecular formula is C31H31BrN4O3. The summed E-state index contributed by atoms with van der Waals surface area (Å²) in [7, 11) is 0. The number of nitrogens with zero attached hydrogens (tertiary/aromatic N) is 2. The molecule has 1 aromatic heterocycles. The molecule has 39 heavy (non-hydrogen) atoms. The van der Waals surface area contributed by atoms with Crippen molar-refractivity contribution in [1.82, 2.24) is 5.32 Å². The van der Waals surface area contributed by atoms with Crippen molar-refractivity contribution in [2.45, 2.75) is 20.4 Å². The molecule has 3 aromatic carbocycles. The van der Waals surface area contributed by atoms with Crippen LogP contribution in [0.2, 0.25) is 0 Å². The van der Waals surface area contributed by atoms with Gasteiger partial charge in [-0.1, -0.05) is 46.3 Å². The fourth-order valence-corrected chi connectivity index (χ4v) is 5.28. The van der Waals surface area contributed by atoms with Crippen LogP contribution in [0.5, 0.6) is 0 Å². The number of carbonyl (C=O) groups excluding carboxylic acids is 2. The number of carbonyl (C=O) groups is 2. The number of aryl methyl sites for hydroxylation is 2. The van der Waals surface area contributed by atoms with Gasteiger partial charge in [0.2, 0.25) is 0 Å². The number of benzene rings is 3. The smallest absolute Gasteiger partial charge is 0.291 e. The summed E-state index contributed by atoms with van der Waals surface area (Å²) < 4.78 is 6.49. The highest BCUT2D eigenvalue weighted by Gasteiger charge is 2.23. The van der Waals surface area contributed by atoms with Gasteiger partial charge in [0.25, 0.3) is 11.8 Å². The van der Waals surface area contributed by atoms with Gasteiger partial charge < -0.3 is 24.9 Å². The number of piperazine rings is 1. The number of amides is 2. The molecule has 200 valence electrons. The molecule has 0 bridgehead atoms. The highest BCUT2D eigenvalue weighted by Crippen LogP contribution is 2.30. The standard InChI is InChI=1S/C31H31BrN4O3/c1-21-6-3-4-9-27(21)35-14-16-36(17-15-35)28-12-11-24(30(37)33-20-23-7-5-8-25(32)18-23)19-26(28)34-31(38)29-13-10-22(2)39-29/h3-13,18-19H,14-17,20H2,1-2H3,(H,33,37)(H,34,38). The second-order valence-corrected chi connectivity index (χ2v) is 10.6. The van der Waals surface area contributed by atoms with E-state index in [1.807, 2.05) is 36.4 Å². The minimum absolute atomic E-state index is 0.213. The third kappa shape index (κ3) is 6.34. The van der Waals surface area contributed by atoms with Crippen molar-refractivity contribution in [2.24, 2.45) is 0 Å². The Labute approximate surface area is 236 Å². The average molecular weight is 588 g/mol. The summed E-state index contributed by atoms with van der Waals surface area (Å²) in [5.74, 6) is 0.325. The molecule has 4 aromatic rings. The van der Waals surface area contributed by atoms with E-state index in [1.54, 1.807) is 25.1 Å². The number of rotatable bonds is 7. The van der Waals surface area contributed by atoms with E-state index in [0.29, 0.717) is 23.6 Å². The first-order valence-corrected chi connectivity index (χ1v) is 13.8. The molecule has 1 aliphatic heterocycles. The monoisotopic (exact) mass is 586 g/mol. The SMILES string of the molecule is Cc1ccc(C(=O)Nc2cc(C(=O)NCc3cccc(Br)c3)ccc2N2CCN(c3ccccc3C)CC2)o1. The maximum atomic E-state index is 13.1. The van der Waals surface area contributed by atoms with Crippen LogP contribution in [0.4, 0.5) is 17.1 Å². The topological polar surface area (TPSA) is 77.8 Å². The minimum atomic E-state index is -0.352. The largest absolute Gasteiger partial charge is 0.456 e. The maximum absolute atomic E-state index is 13.1. The first kappa shape index (κ1) is 26.6. The van der Waals surface area contributed by atoms with Crippen molar-refractivity contribution in [3.05, 3.63) is 112 Å². The zero-order chi connectivity index (χ0) is 27.4. The summed E-state index contributed by atoms with van der Waals surface area (Å²) >= 11 is 3.47. The van der Waals surface area contributed by atoms with Gasteiger partial charge in [-0.25, -0.2) is 0 Å². The van der Waals surface area contributed by atoms with Gasteiger partial charge in [-0.3, -0.25) is 9.59 Å². The fraction of sp³-hybridized carbons (Fsp3) is 0.226. The van der Waals surface area contributed by atoms with Gasteiger partial charge in [-0.05, 0) is 73.5 Å². The summed E-state index contributed by atoms with van der Waals surface area (Å²) in [5.41, 5.74) is 5.41. The van der Waals surface area contributed by atoms with Crippen molar-refractivity contribution < 1.29 is 14.0 Å². The molecule has 2 amide bonds. The van der Waals surface area contributed by atoms with Crippen LogP contribution >= 0.6 is 15.9 Å². The van der Waals surface area contributed by atoms with Crippen LogP contribution in [-0.4, -0.2) is 38.0 Å². The zero-order valence-electron chi connectivity index (χ0n) is 22.0. The molecule has 0 atom stereocenters. The number of hydrogen-bond donors (Lipinski definition) is 2. The number of furan rings is 1. The highest BCUT2D eigenvalue weighted by atomic mass is 79.9. The predicted molar refractivity (Wildman–Crippen MR) is 159 cm³/mol. The van der Waals surface area contributed by atoms with Crippen molar-refractivity contribution in [3.8, 4) is 0 Å². The fourth-order valence-electron chi connectivity index (χ4n) is 4.83. The molecule has 0 radical (unpaired) electrons. The zero-order valence-corrected chi connectivity index (χ0v) is 23.6. The second-order valence-electron chi connectivity index (χ2n) is 9.67. The Balaban J connectivity index is 1.35. The Morgan fingerprint density at radius 2 is 1.56 bits per heavy atom. The van der Waals surface area contributed by atoms with E-state index >= 15 is 0 Å². The summed E-state index contributed by atoms with van der Waals surface area (Å²) in [5, 5.41) is 5.97. The minimum Gasteiger partial charge on any atom is -0.456 e. The van der Waals surface area contributed by atoms with Crippen LogP contribution in [0.15, 0.2) is 87.8 Å². The Bertz CT molecular complexity index is 1490. The molecule has 0 saturated carbocycles. The van der Waals surface area contributed by atoms with Gasteiger partial charge in [0.15, 0.2) is 5.76 Å². The molecule has 0 unspecified atom stereocenters. The molecule has 7 nitrogen and oxygen atoms in total. The molecule has 1 fully saturated rings. The average Bonchev–Trinajstić information content (AvgIpc) is 3.39. The normalized spacial score (nSPS) is 13.3. The lowest BCUT2D eigenvalue weighted by Gasteiger charge is -2.38. The number of anilines is 3. The summed E-state index contributed by atoms with van der Waals surface area (Å²) in [6.07, 6.45) is 0. The molecule has 0 spiro atoms. The Morgan fingerprint density at radius 1 is 0.821 bits per heavy atom. The van der Waals surface area contributed by atoms with Crippen molar-refractivity contribution >= 4 is 44.8 Å². The summed E-state index contributed by atoms with van der Waals surface area (Å²) in [6, 6.07) is 25.1. The van der Waals surface area contributed by atoms with E-state index in [2.05, 4.69) is 67.6 Å². The van der Waals surface area contributed by atoms with Crippen LogP contribution in [0, 0.1) is 13.8 Å². The third-order valence-corrected chi connectivity index (χ3v) is 7.38. The number of hydrogen-bond acceptors (Lipinski definition) is 5. The summed E-state index contributed by atoms with van der Waals surface area (Å²) in [6.45, 7) is 7.60. The molecule has 1 aliphatic rings. The van der Waals surface area contributed by atoms with Crippen LogP contribution in [0.1, 0.15) is 37.8 Å². The van der Waals surface area contributed by atoms with E-state index < -0.39 is 0 Å². The Kier molecular flexibility index (Phi) is 8.02. The maximum Gasteiger partial charge on any atom is 0.291 e. The van der Waals surface area contributed by atoms with Gasteiger partial charge in [-0.2, -0.15) is 0 Å².